The first-order chi connectivity index (χ1) is 3.79. The molecule has 0 spiro atoms. The Morgan fingerprint density at radius 3 is 2.62 bits per heavy atom. The average Bonchev–Trinajstić information content (AvgIpc) is 1.64. The normalized spacial score (nSPS) is 9.12. The van der Waals surface area contributed by atoms with Crippen LogP contribution >= 0.6 is 11.6 Å². The summed E-state index contributed by atoms with van der Waals surface area (Å²) < 4.78 is 0. The first-order valence-electron chi connectivity index (χ1n) is 2.06. The molecule has 0 fully saturated rings. The minimum Gasteiger partial charge on any atom is -0.288 e. The van der Waals surface area contributed by atoms with Crippen molar-refractivity contribution >= 4 is 11.6 Å². The minimum atomic E-state index is -0.155. The van der Waals surface area contributed by atoms with Crippen molar-refractivity contribution in [2.24, 2.45) is 0 Å². The summed E-state index contributed by atoms with van der Waals surface area (Å²) in [6.07, 6.45) is 2.63. The van der Waals surface area contributed by atoms with Crippen LogP contribution in [0.25, 0.3) is 0 Å². The van der Waals surface area contributed by atoms with E-state index in [0.29, 0.717) is 5.02 Å². The lowest BCUT2D eigenvalue weighted by molar-refractivity contribution is 0.353. The van der Waals surface area contributed by atoms with Gasteiger partial charge in [-0.15, -0.1) is 0 Å². The summed E-state index contributed by atoms with van der Waals surface area (Å²) in [5, 5.41) is 10.7. The van der Waals surface area contributed by atoms with Crippen LogP contribution in [0.5, 0.6) is 5.75 Å². The third-order valence-electron chi connectivity index (χ3n) is 0.680. The summed E-state index contributed by atoms with van der Waals surface area (Å²) in [5.74, 6) is -0.155. The molecule has 0 saturated carbocycles. The fraction of sp³-hybridized carbons (Fsp3) is 0. The lowest BCUT2D eigenvalue weighted by atomic mass is 10.5. The van der Waals surface area contributed by atoms with E-state index in [2.05, 4.69) is 4.98 Å². The molecule has 0 aromatic carbocycles. The van der Waals surface area contributed by atoms with E-state index in [-0.39, 0.29) is 5.75 Å². The maximum absolute atomic E-state index is 10.3. The number of hydrogen-bond acceptors (Lipinski definition) is 1. The average molecular weight is 129 g/mol. The number of rotatable bonds is 0. The Morgan fingerprint density at radius 2 is 2.25 bits per heavy atom. The van der Waals surface area contributed by atoms with Gasteiger partial charge in [0.15, 0.2) is 5.75 Å². The van der Waals surface area contributed by atoms with Gasteiger partial charge in [-0.3, -0.25) is 10.1 Å². The Labute approximate surface area is 51.7 Å². The highest BCUT2D eigenvalue weighted by Gasteiger charge is 1.89. The van der Waals surface area contributed by atoms with Crippen LogP contribution in [-0.2, 0) is 5.11 Å². The number of pyridine rings is 1. The summed E-state index contributed by atoms with van der Waals surface area (Å²) in [4.78, 5) is 3.54. The summed E-state index contributed by atoms with van der Waals surface area (Å²) in [5.41, 5.74) is 0. The third kappa shape index (κ3) is 1.10. The second-order valence-corrected chi connectivity index (χ2v) is 1.78. The van der Waals surface area contributed by atoms with E-state index in [4.69, 9.17) is 11.6 Å². The van der Waals surface area contributed by atoms with Gasteiger partial charge in [-0.2, -0.15) is 0 Å². The number of nitrogens with zero attached hydrogens (tertiary/aromatic N) is 1. The highest BCUT2D eigenvalue weighted by atomic mass is 35.5. The molecule has 1 aromatic rings. The lowest BCUT2D eigenvalue weighted by Crippen LogP contribution is -1.67. The number of hydrogen-bond donors (Lipinski definition) is 0. The van der Waals surface area contributed by atoms with Crippen molar-refractivity contribution in [3.8, 4) is 5.75 Å². The van der Waals surface area contributed by atoms with E-state index in [1.54, 1.807) is 0 Å². The Hall–Kier alpha value is -0.760. The molecular weight excluding hydrogens is 126 g/mol. The zero-order valence-electron chi connectivity index (χ0n) is 3.97. The first kappa shape index (κ1) is 5.38. The topological polar surface area (TPSA) is 32.8 Å². The van der Waals surface area contributed by atoms with Gasteiger partial charge in [0, 0.05) is 12.3 Å². The monoisotopic (exact) mass is 128 g/mol. The van der Waals surface area contributed by atoms with Gasteiger partial charge in [-0.05, 0) is 0 Å². The molecule has 1 heterocycles. The maximum Gasteiger partial charge on any atom is 0.198 e. The van der Waals surface area contributed by atoms with Crippen molar-refractivity contribution in [2.45, 2.75) is 0 Å². The number of halogens is 1. The van der Waals surface area contributed by atoms with Crippen LogP contribution in [0.1, 0.15) is 0 Å². The molecule has 0 unspecified atom stereocenters. The fourth-order valence-corrected chi connectivity index (χ4v) is 0.556. The Morgan fingerprint density at radius 1 is 1.50 bits per heavy atom. The zero-order valence-corrected chi connectivity index (χ0v) is 4.72. The van der Waals surface area contributed by atoms with Crippen molar-refractivity contribution in [3.05, 3.63) is 23.5 Å². The van der Waals surface area contributed by atoms with Crippen LogP contribution in [0, 0.1) is 0 Å². The highest BCUT2D eigenvalue weighted by Crippen LogP contribution is 2.12. The van der Waals surface area contributed by atoms with Crippen LogP contribution in [0.15, 0.2) is 18.5 Å². The first-order valence-corrected chi connectivity index (χ1v) is 2.44. The van der Waals surface area contributed by atoms with E-state index in [1.165, 1.54) is 18.5 Å². The molecule has 8 heavy (non-hydrogen) atoms. The molecule has 1 aromatic heterocycles. The van der Waals surface area contributed by atoms with Gasteiger partial charge in [0.05, 0.1) is 11.2 Å². The van der Waals surface area contributed by atoms with Gasteiger partial charge >= 0.3 is 0 Å². The van der Waals surface area contributed by atoms with Gasteiger partial charge in [-0.25, -0.2) is 0 Å². The van der Waals surface area contributed by atoms with E-state index in [1.807, 2.05) is 0 Å². The summed E-state index contributed by atoms with van der Waals surface area (Å²) in [7, 11) is 0. The molecule has 2 nitrogen and oxygen atoms in total. The second kappa shape index (κ2) is 2.01. The van der Waals surface area contributed by atoms with Gasteiger partial charge in [0.1, 0.15) is 0 Å². The van der Waals surface area contributed by atoms with E-state index < -0.39 is 0 Å². The van der Waals surface area contributed by atoms with Gasteiger partial charge in [0.25, 0.3) is 0 Å². The van der Waals surface area contributed by atoms with E-state index >= 15 is 0 Å². The molecule has 41 valence electrons. The van der Waals surface area contributed by atoms with Gasteiger partial charge in [0.2, 0.25) is 0 Å². The summed E-state index contributed by atoms with van der Waals surface area (Å²) >= 11 is 5.38. The zero-order chi connectivity index (χ0) is 5.98. The lowest BCUT2D eigenvalue weighted by Gasteiger charge is -1.84. The molecule has 3 heteroatoms. The van der Waals surface area contributed by atoms with Crippen LogP contribution in [-0.4, -0.2) is 4.98 Å². The van der Waals surface area contributed by atoms with Crippen LogP contribution in [0.3, 0.4) is 0 Å². The predicted octanol–water partition coefficient (Wildman–Crippen LogP) is 1.88. The molecule has 1 radical (unpaired) electrons. The molecule has 0 aliphatic rings. The number of aromatic nitrogens is 1. The molecular formula is C5H3ClNO. The van der Waals surface area contributed by atoms with Crippen LogP contribution in [0.4, 0.5) is 0 Å². The van der Waals surface area contributed by atoms with Crippen molar-refractivity contribution < 1.29 is 5.11 Å². The second-order valence-electron chi connectivity index (χ2n) is 1.34. The van der Waals surface area contributed by atoms with Gasteiger partial charge < -0.3 is 0 Å². The molecule has 0 saturated heterocycles. The third-order valence-corrected chi connectivity index (χ3v) is 0.886. The summed E-state index contributed by atoms with van der Waals surface area (Å²) in [6.45, 7) is 0. The fourth-order valence-electron chi connectivity index (χ4n) is 0.392. The van der Waals surface area contributed by atoms with Crippen LogP contribution in [0.2, 0.25) is 5.02 Å². The molecule has 1 rings (SSSR count). The SMILES string of the molecule is [O]c1cncc(Cl)c1. The minimum absolute atomic E-state index is 0.155. The molecule has 0 bridgehead atoms. The van der Waals surface area contributed by atoms with Crippen LogP contribution < -0.4 is 0 Å². The van der Waals surface area contributed by atoms with Crippen molar-refractivity contribution in [1.82, 2.24) is 4.98 Å². The quantitative estimate of drug-likeness (QED) is 0.525. The molecule has 0 amide bonds. The maximum atomic E-state index is 10.3. The van der Waals surface area contributed by atoms with E-state index in [0.717, 1.165) is 0 Å². The van der Waals surface area contributed by atoms with Crippen molar-refractivity contribution in [2.75, 3.05) is 0 Å². The largest absolute Gasteiger partial charge is 0.288 e. The molecule has 0 atom stereocenters. The Kier molecular flexibility index (Phi) is 1.35. The van der Waals surface area contributed by atoms with E-state index in [9.17, 15) is 5.11 Å². The summed E-state index contributed by atoms with van der Waals surface area (Å²) in [6, 6.07) is 1.31. The highest BCUT2D eigenvalue weighted by molar-refractivity contribution is 6.30. The molecule has 0 aliphatic carbocycles. The molecule has 0 N–H and O–H groups in total. The Balaban J connectivity index is 3.08. The van der Waals surface area contributed by atoms with Crippen molar-refractivity contribution in [1.29, 1.82) is 0 Å². The molecule has 0 aliphatic heterocycles. The Bertz CT molecular complexity index is 172. The smallest absolute Gasteiger partial charge is 0.198 e. The van der Waals surface area contributed by atoms with Gasteiger partial charge in [-0.1, -0.05) is 11.6 Å². The predicted molar refractivity (Wildman–Crippen MR) is 29.4 cm³/mol. The van der Waals surface area contributed by atoms with Crippen molar-refractivity contribution in [3.63, 3.8) is 0 Å². The standard InChI is InChI=1S/C5H3ClNO/c6-4-1-5(8)3-7-2-4/h1-3H.